The maximum Gasteiger partial charge on any atom is 0.233 e. The third-order valence-corrected chi connectivity index (χ3v) is 4.67. The van der Waals surface area contributed by atoms with Gasteiger partial charge in [0.1, 0.15) is 5.82 Å². The third-order valence-electron chi connectivity index (χ3n) is 3.56. The summed E-state index contributed by atoms with van der Waals surface area (Å²) in [5, 5.41) is 2.84. The fraction of sp³-hybridized carbons (Fsp3) is 0.316. The highest BCUT2D eigenvalue weighted by Gasteiger charge is 2.13. The minimum Gasteiger partial charge on any atom is -0.355 e. The van der Waals surface area contributed by atoms with Gasteiger partial charge in [0.25, 0.3) is 0 Å². The predicted octanol–water partition coefficient (Wildman–Crippen LogP) is 4.36. The Morgan fingerprint density at radius 3 is 2.43 bits per heavy atom. The molecule has 1 unspecified atom stereocenters. The van der Waals surface area contributed by atoms with Crippen molar-refractivity contribution in [3.63, 3.8) is 0 Å². The van der Waals surface area contributed by atoms with Gasteiger partial charge in [-0.05, 0) is 56.5 Å². The summed E-state index contributed by atoms with van der Waals surface area (Å²) >= 11 is 1.56. The molecule has 2 aromatic rings. The second kappa shape index (κ2) is 8.73. The molecule has 2 aromatic carbocycles. The monoisotopic (exact) mass is 331 g/mol. The molecule has 2 nitrogen and oxygen atoms in total. The first-order valence-electron chi connectivity index (χ1n) is 7.80. The average Bonchev–Trinajstić information content (AvgIpc) is 2.55. The van der Waals surface area contributed by atoms with Gasteiger partial charge in [0, 0.05) is 11.4 Å². The number of aryl methyl sites for hydroxylation is 2. The van der Waals surface area contributed by atoms with E-state index >= 15 is 0 Å². The van der Waals surface area contributed by atoms with Crippen LogP contribution in [-0.4, -0.2) is 17.7 Å². The molecule has 0 saturated carbocycles. The van der Waals surface area contributed by atoms with Crippen molar-refractivity contribution in [3.8, 4) is 0 Å². The molecule has 2 rings (SSSR count). The Kier molecular flexibility index (Phi) is 6.66. The lowest BCUT2D eigenvalue weighted by Gasteiger charge is -2.12. The first kappa shape index (κ1) is 17.5. The van der Waals surface area contributed by atoms with Crippen LogP contribution in [0.1, 0.15) is 24.5 Å². The van der Waals surface area contributed by atoms with E-state index in [1.807, 2.05) is 26.0 Å². The maximum atomic E-state index is 12.8. The summed E-state index contributed by atoms with van der Waals surface area (Å²) in [4.78, 5) is 13.2. The molecule has 0 heterocycles. The third kappa shape index (κ3) is 6.06. The van der Waals surface area contributed by atoms with Crippen LogP contribution in [0.15, 0.2) is 53.4 Å². The number of carbonyl (C=O) groups excluding carboxylic acids is 1. The molecule has 0 fully saturated rings. The first-order chi connectivity index (χ1) is 11.0. The van der Waals surface area contributed by atoms with Gasteiger partial charge in [0.05, 0.1) is 5.25 Å². The highest BCUT2D eigenvalue weighted by molar-refractivity contribution is 8.00. The molecule has 122 valence electrons. The maximum absolute atomic E-state index is 12.8. The van der Waals surface area contributed by atoms with Crippen molar-refractivity contribution < 1.29 is 9.18 Å². The van der Waals surface area contributed by atoms with Crippen LogP contribution >= 0.6 is 11.8 Å². The summed E-state index contributed by atoms with van der Waals surface area (Å²) in [5.74, 6) is -0.168. The first-order valence-corrected chi connectivity index (χ1v) is 8.68. The molecule has 0 radical (unpaired) electrons. The highest BCUT2D eigenvalue weighted by Crippen LogP contribution is 2.23. The number of thioether (sulfide) groups is 1. The molecule has 4 heteroatoms. The zero-order valence-corrected chi connectivity index (χ0v) is 14.3. The van der Waals surface area contributed by atoms with Crippen LogP contribution in [0.25, 0.3) is 0 Å². The Hall–Kier alpha value is -1.81. The Bertz CT molecular complexity index is 625. The quantitative estimate of drug-likeness (QED) is 0.603. The van der Waals surface area contributed by atoms with E-state index in [4.69, 9.17) is 0 Å². The van der Waals surface area contributed by atoms with E-state index in [-0.39, 0.29) is 17.0 Å². The normalized spacial score (nSPS) is 12.0. The van der Waals surface area contributed by atoms with Gasteiger partial charge < -0.3 is 5.32 Å². The standard InChI is InChI=1S/C19H22FNOS/c1-14-5-11-18(12-6-14)23-15(2)19(22)21-13-3-4-16-7-9-17(20)10-8-16/h5-12,15H,3-4,13H2,1-2H3,(H,21,22). The molecule has 1 amide bonds. The van der Waals surface area contributed by atoms with Crippen molar-refractivity contribution in [1.82, 2.24) is 5.32 Å². The number of nitrogens with one attached hydrogen (secondary N) is 1. The minimum atomic E-state index is -0.219. The van der Waals surface area contributed by atoms with Crippen LogP contribution in [-0.2, 0) is 11.2 Å². The number of halogens is 1. The van der Waals surface area contributed by atoms with Gasteiger partial charge in [-0.2, -0.15) is 0 Å². The lowest BCUT2D eigenvalue weighted by Crippen LogP contribution is -2.31. The SMILES string of the molecule is Cc1ccc(SC(C)C(=O)NCCCc2ccc(F)cc2)cc1. The topological polar surface area (TPSA) is 29.1 Å². The predicted molar refractivity (Wildman–Crippen MR) is 94.2 cm³/mol. The average molecular weight is 331 g/mol. The van der Waals surface area contributed by atoms with Crippen LogP contribution in [0.3, 0.4) is 0 Å². The summed E-state index contributed by atoms with van der Waals surface area (Å²) in [7, 11) is 0. The van der Waals surface area contributed by atoms with Gasteiger partial charge >= 0.3 is 0 Å². The number of rotatable bonds is 7. The lowest BCUT2D eigenvalue weighted by atomic mass is 10.1. The van der Waals surface area contributed by atoms with Crippen molar-refractivity contribution in [2.45, 2.75) is 36.8 Å². The molecule has 1 atom stereocenters. The number of hydrogen-bond acceptors (Lipinski definition) is 2. The van der Waals surface area contributed by atoms with Crippen LogP contribution in [0.2, 0.25) is 0 Å². The van der Waals surface area contributed by atoms with E-state index in [2.05, 4.69) is 17.4 Å². The molecule has 0 aliphatic carbocycles. The highest BCUT2D eigenvalue weighted by atomic mass is 32.2. The summed E-state index contributed by atoms with van der Waals surface area (Å²) in [5.41, 5.74) is 2.30. The molecule has 0 saturated heterocycles. The van der Waals surface area contributed by atoms with E-state index in [9.17, 15) is 9.18 Å². The molecule has 1 N–H and O–H groups in total. The fourth-order valence-corrected chi connectivity index (χ4v) is 3.07. The van der Waals surface area contributed by atoms with Crippen molar-refractivity contribution in [2.75, 3.05) is 6.54 Å². The number of amides is 1. The fourth-order valence-electron chi connectivity index (χ4n) is 2.17. The second-order valence-corrected chi connectivity index (χ2v) is 7.01. The molecule has 0 aliphatic heterocycles. The van der Waals surface area contributed by atoms with Crippen LogP contribution in [0.4, 0.5) is 4.39 Å². The Morgan fingerprint density at radius 1 is 1.13 bits per heavy atom. The molecule has 0 aromatic heterocycles. The van der Waals surface area contributed by atoms with Crippen LogP contribution in [0, 0.1) is 12.7 Å². The van der Waals surface area contributed by atoms with E-state index < -0.39 is 0 Å². The molecule has 0 aliphatic rings. The zero-order valence-electron chi connectivity index (χ0n) is 13.5. The van der Waals surface area contributed by atoms with Gasteiger partial charge in [-0.1, -0.05) is 29.8 Å². The van der Waals surface area contributed by atoms with E-state index in [1.54, 1.807) is 23.9 Å². The largest absolute Gasteiger partial charge is 0.355 e. The Balaban J connectivity index is 1.69. The molecule has 23 heavy (non-hydrogen) atoms. The molecule has 0 spiro atoms. The summed E-state index contributed by atoms with van der Waals surface area (Å²) < 4.78 is 12.8. The van der Waals surface area contributed by atoms with E-state index in [0.29, 0.717) is 6.54 Å². The van der Waals surface area contributed by atoms with E-state index in [1.165, 1.54) is 17.7 Å². The number of benzene rings is 2. The van der Waals surface area contributed by atoms with Gasteiger partial charge in [-0.15, -0.1) is 11.8 Å². The van der Waals surface area contributed by atoms with Crippen molar-refractivity contribution in [3.05, 3.63) is 65.5 Å². The van der Waals surface area contributed by atoms with Gasteiger partial charge in [-0.3, -0.25) is 4.79 Å². The second-order valence-electron chi connectivity index (χ2n) is 5.59. The van der Waals surface area contributed by atoms with Crippen LogP contribution < -0.4 is 5.32 Å². The summed E-state index contributed by atoms with van der Waals surface area (Å²) in [6, 6.07) is 14.7. The zero-order chi connectivity index (χ0) is 16.7. The Labute approximate surface area is 141 Å². The van der Waals surface area contributed by atoms with Crippen LogP contribution in [0.5, 0.6) is 0 Å². The van der Waals surface area contributed by atoms with Gasteiger partial charge in [0.15, 0.2) is 0 Å². The smallest absolute Gasteiger partial charge is 0.233 e. The van der Waals surface area contributed by atoms with E-state index in [0.717, 1.165) is 23.3 Å². The molecular formula is C19H22FNOS. The summed E-state index contributed by atoms with van der Waals surface area (Å²) in [6.07, 6.45) is 1.68. The van der Waals surface area contributed by atoms with Gasteiger partial charge in [-0.25, -0.2) is 4.39 Å². The molecule has 0 bridgehead atoms. The summed E-state index contributed by atoms with van der Waals surface area (Å²) in [6.45, 7) is 4.60. The van der Waals surface area contributed by atoms with Crippen molar-refractivity contribution in [2.24, 2.45) is 0 Å². The van der Waals surface area contributed by atoms with Crippen molar-refractivity contribution in [1.29, 1.82) is 0 Å². The van der Waals surface area contributed by atoms with Gasteiger partial charge in [0.2, 0.25) is 5.91 Å². The molecular weight excluding hydrogens is 309 g/mol. The van der Waals surface area contributed by atoms with Crippen molar-refractivity contribution >= 4 is 17.7 Å². The number of carbonyl (C=O) groups is 1. The Morgan fingerprint density at radius 2 is 1.78 bits per heavy atom. The number of hydrogen-bond donors (Lipinski definition) is 1. The lowest BCUT2D eigenvalue weighted by molar-refractivity contribution is -0.120. The minimum absolute atomic E-state index is 0.0506.